The molecule has 2 atom stereocenters. The number of carbonyl (C=O) groups is 3. The van der Waals surface area contributed by atoms with E-state index in [1.54, 1.807) is 25.1 Å². The number of imide groups is 1. The van der Waals surface area contributed by atoms with E-state index in [-0.39, 0.29) is 12.6 Å². The molecule has 136 valence electrons. The van der Waals surface area contributed by atoms with Gasteiger partial charge in [-0.1, -0.05) is 23.7 Å². The number of benzene rings is 1. The molecule has 1 aliphatic heterocycles. The summed E-state index contributed by atoms with van der Waals surface area (Å²) >= 11 is 7.30. The van der Waals surface area contributed by atoms with Crippen LogP contribution in [0.15, 0.2) is 41.1 Å². The first kappa shape index (κ1) is 18.4. The highest BCUT2D eigenvalue weighted by atomic mass is 35.5. The second-order valence-corrected chi connectivity index (χ2v) is 7.52. The molecule has 1 saturated heterocycles. The van der Waals surface area contributed by atoms with E-state index in [9.17, 15) is 14.4 Å². The first-order valence-corrected chi connectivity index (χ1v) is 9.35. The molecule has 0 aliphatic carbocycles. The van der Waals surface area contributed by atoms with Gasteiger partial charge in [-0.2, -0.15) is 11.3 Å². The molecule has 0 radical (unpaired) electrons. The average molecular weight is 392 g/mol. The molecule has 3 rings (SSSR count). The van der Waals surface area contributed by atoms with Crippen molar-refractivity contribution in [3.8, 4) is 0 Å². The molecule has 6 nitrogen and oxygen atoms in total. The van der Waals surface area contributed by atoms with E-state index in [4.69, 9.17) is 11.6 Å². The summed E-state index contributed by atoms with van der Waals surface area (Å²) in [6.07, 6.45) is 0. The molecular weight excluding hydrogens is 374 g/mol. The number of carbonyl (C=O) groups excluding carboxylic acids is 3. The van der Waals surface area contributed by atoms with Crippen molar-refractivity contribution < 1.29 is 14.4 Å². The minimum atomic E-state index is -1.14. The largest absolute Gasteiger partial charge is 0.348 e. The molecule has 26 heavy (non-hydrogen) atoms. The van der Waals surface area contributed by atoms with E-state index in [2.05, 4.69) is 10.6 Å². The Bertz CT molecular complexity index is 838. The number of hydrogen-bond donors (Lipinski definition) is 2. The van der Waals surface area contributed by atoms with E-state index in [1.807, 2.05) is 29.8 Å². The predicted octanol–water partition coefficient (Wildman–Crippen LogP) is 3.05. The third-order valence-corrected chi connectivity index (χ3v) is 5.36. The summed E-state index contributed by atoms with van der Waals surface area (Å²) in [6, 6.07) is 8.05. The summed E-state index contributed by atoms with van der Waals surface area (Å²) in [5.74, 6) is -0.847. The predicted molar refractivity (Wildman–Crippen MR) is 99.9 cm³/mol. The van der Waals surface area contributed by atoms with Crippen LogP contribution in [0, 0.1) is 0 Å². The standard InChI is InChI=1S/C18H18ClN3O3S/c1-11(12-3-5-14(19)6-4-12)20-15(23)9-22-16(24)18(2,21-17(22)25)13-7-8-26-10-13/h3-8,10-11H,9H2,1-2H3,(H,20,23)(H,21,25). The van der Waals surface area contributed by atoms with E-state index < -0.39 is 23.4 Å². The van der Waals surface area contributed by atoms with Gasteiger partial charge in [0.1, 0.15) is 12.1 Å². The lowest BCUT2D eigenvalue weighted by Gasteiger charge is -2.21. The maximum absolute atomic E-state index is 12.7. The van der Waals surface area contributed by atoms with Crippen LogP contribution in [0.25, 0.3) is 0 Å². The van der Waals surface area contributed by atoms with Crippen LogP contribution in [0.5, 0.6) is 0 Å². The highest BCUT2D eigenvalue weighted by Gasteiger charge is 2.49. The van der Waals surface area contributed by atoms with Crippen LogP contribution in [0.3, 0.4) is 0 Å². The van der Waals surface area contributed by atoms with Gasteiger partial charge in [-0.25, -0.2) is 4.79 Å². The molecular formula is C18H18ClN3O3S. The van der Waals surface area contributed by atoms with Crippen LogP contribution in [0.4, 0.5) is 4.79 Å². The van der Waals surface area contributed by atoms with Gasteiger partial charge in [0.05, 0.1) is 6.04 Å². The van der Waals surface area contributed by atoms with Crippen molar-refractivity contribution >= 4 is 40.8 Å². The van der Waals surface area contributed by atoms with Crippen LogP contribution < -0.4 is 10.6 Å². The fourth-order valence-electron chi connectivity index (χ4n) is 2.85. The van der Waals surface area contributed by atoms with Crippen molar-refractivity contribution in [3.63, 3.8) is 0 Å². The van der Waals surface area contributed by atoms with Crippen LogP contribution >= 0.6 is 22.9 Å². The average Bonchev–Trinajstić information content (AvgIpc) is 3.20. The quantitative estimate of drug-likeness (QED) is 0.769. The molecule has 4 amide bonds. The maximum Gasteiger partial charge on any atom is 0.325 e. The summed E-state index contributed by atoms with van der Waals surface area (Å²) in [5.41, 5.74) is 0.445. The maximum atomic E-state index is 12.7. The Kier molecular flexibility index (Phi) is 5.02. The van der Waals surface area contributed by atoms with E-state index >= 15 is 0 Å². The van der Waals surface area contributed by atoms with Gasteiger partial charge in [0.15, 0.2) is 0 Å². The van der Waals surface area contributed by atoms with Gasteiger partial charge in [-0.3, -0.25) is 14.5 Å². The lowest BCUT2D eigenvalue weighted by atomic mass is 9.95. The minimum absolute atomic E-state index is 0.274. The summed E-state index contributed by atoms with van der Waals surface area (Å²) < 4.78 is 0. The number of thiophene rings is 1. The number of halogens is 1. The van der Waals surface area contributed by atoms with Crippen molar-refractivity contribution in [2.24, 2.45) is 0 Å². The Morgan fingerprint density at radius 1 is 1.31 bits per heavy atom. The van der Waals surface area contributed by atoms with Crippen LogP contribution in [-0.4, -0.2) is 29.3 Å². The fourth-order valence-corrected chi connectivity index (χ4v) is 3.74. The van der Waals surface area contributed by atoms with Crippen molar-refractivity contribution in [2.45, 2.75) is 25.4 Å². The Morgan fingerprint density at radius 2 is 2.00 bits per heavy atom. The molecule has 8 heteroatoms. The van der Waals surface area contributed by atoms with Crippen LogP contribution in [0.2, 0.25) is 5.02 Å². The summed E-state index contributed by atoms with van der Waals surface area (Å²) in [5, 5.41) is 9.73. The zero-order valence-electron chi connectivity index (χ0n) is 14.3. The third-order valence-electron chi connectivity index (χ3n) is 4.42. The molecule has 2 unspecified atom stereocenters. The van der Waals surface area contributed by atoms with Crippen molar-refractivity contribution in [1.82, 2.24) is 15.5 Å². The Balaban J connectivity index is 1.66. The zero-order valence-corrected chi connectivity index (χ0v) is 15.9. The molecule has 1 aromatic heterocycles. The molecule has 1 fully saturated rings. The second kappa shape index (κ2) is 7.09. The van der Waals surface area contributed by atoms with E-state index in [1.165, 1.54) is 11.3 Å². The van der Waals surface area contributed by atoms with Crippen LogP contribution in [0.1, 0.15) is 31.0 Å². The smallest absolute Gasteiger partial charge is 0.325 e. The van der Waals surface area contributed by atoms with Crippen LogP contribution in [-0.2, 0) is 15.1 Å². The number of nitrogens with one attached hydrogen (secondary N) is 2. The summed E-state index contributed by atoms with van der Waals surface area (Å²) in [6.45, 7) is 3.13. The van der Waals surface area contributed by atoms with Crippen molar-refractivity contribution in [3.05, 3.63) is 57.2 Å². The topological polar surface area (TPSA) is 78.5 Å². The number of hydrogen-bond acceptors (Lipinski definition) is 4. The minimum Gasteiger partial charge on any atom is -0.348 e. The van der Waals surface area contributed by atoms with Gasteiger partial charge >= 0.3 is 6.03 Å². The first-order valence-electron chi connectivity index (χ1n) is 8.03. The van der Waals surface area contributed by atoms with Gasteiger partial charge in [0.2, 0.25) is 5.91 Å². The molecule has 2 heterocycles. The van der Waals surface area contributed by atoms with Gasteiger partial charge in [-0.05, 0) is 53.9 Å². The van der Waals surface area contributed by atoms with Crippen molar-refractivity contribution in [1.29, 1.82) is 0 Å². The zero-order chi connectivity index (χ0) is 18.9. The normalized spacial score (nSPS) is 20.8. The second-order valence-electron chi connectivity index (χ2n) is 6.30. The summed E-state index contributed by atoms with van der Waals surface area (Å²) in [4.78, 5) is 38.2. The summed E-state index contributed by atoms with van der Waals surface area (Å²) in [7, 11) is 0. The molecule has 0 spiro atoms. The van der Waals surface area contributed by atoms with E-state index in [0.29, 0.717) is 10.6 Å². The lowest BCUT2D eigenvalue weighted by molar-refractivity contribution is -0.135. The van der Waals surface area contributed by atoms with Crippen molar-refractivity contribution in [2.75, 3.05) is 6.54 Å². The number of nitrogens with zero attached hydrogens (tertiary/aromatic N) is 1. The molecule has 1 aromatic carbocycles. The first-order chi connectivity index (χ1) is 12.3. The lowest BCUT2D eigenvalue weighted by Crippen LogP contribution is -2.43. The molecule has 0 saturated carbocycles. The van der Waals surface area contributed by atoms with Gasteiger partial charge in [0.25, 0.3) is 5.91 Å². The highest BCUT2D eigenvalue weighted by molar-refractivity contribution is 7.08. The SMILES string of the molecule is CC(NC(=O)CN1C(=O)NC(C)(c2ccsc2)C1=O)c1ccc(Cl)cc1. The number of urea groups is 1. The Hall–Kier alpha value is -2.38. The molecule has 2 aromatic rings. The van der Waals surface area contributed by atoms with Gasteiger partial charge in [0, 0.05) is 5.02 Å². The molecule has 0 bridgehead atoms. The third kappa shape index (κ3) is 3.45. The number of rotatable bonds is 5. The fraction of sp³-hybridized carbons (Fsp3) is 0.278. The molecule has 2 N–H and O–H groups in total. The van der Waals surface area contributed by atoms with Gasteiger partial charge < -0.3 is 10.6 Å². The number of amides is 4. The molecule has 1 aliphatic rings. The monoisotopic (exact) mass is 391 g/mol. The van der Waals surface area contributed by atoms with E-state index in [0.717, 1.165) is 10.5 Å². The highest BCUT2D eigenvalue weighted by Crippen LogP contribution is 2.30. The Morgan fingerprint density at radius 3 is 2.62 bits per heavy atom. The Labute approximate surface area is 160 Å². The van der Waals surface area contributed by atoms with Gasteiger partial charge in [-0.15, -0.1) is 0 Å².